The molecule has 1 N–H and O–H groups in total. The lowest BCUT2D eigenvalue weighted by atomic mass is 9.83. The van der Waals surface area contributed by atoms with E-state index < -0.39 is 18.0 Å². The second-order valence-electron chi connectivity index (χ2n) is 7.21. The lowest BCUT2D eigenvalue weighted by molar-refractivity contribution is -0.144. The minimum atomic E-state index is -1.09. The van der Waals surface area contributed by atoms with Crippen LogP contribution in [0, 0.1) is 11.8 Å². The van der Waals surface area contributed by atoms with E-state index in [9.17, 15) is 9.90 Å². The molecule has 2 aliphatic rings. The van der Waals surface area contributed by atoms with E-state index in [0.717, 1.165) is 5.56 Å². The number of aliphatic hydroxyl groups excluding tert-OH is 1. The molecular formula is C22H24O8. The highest BCUT2D eigenvalue weighted by Gasteiger charge is 2.43. The van der Waals surface area contributed by atoms with Gasteiger partial charge in [-0.15, -0.1) is 0 Å². The Kier molecular flexibility index (Phi) is 5.59. The number of rotatable bonds is 7. The minimum absolute atomic E-state index is 0.201. The van der Waals surface area contributed by atoms with Gasteiger partial charge in [0.15, 0.2) is 23.0 Å². The average Bonchev–Trinajstić information content (AvgIpc) is 3.38. The molecule has 0 aromatic heterocycles. The molecule has 2 heterocycles. The van der Waals surface area contributed by atoms with E-state index in [4.69, 9.17) is 28.4 Å². The fourth-order valence-electron chi connectivity index (χ4n) is 4.00. The largest absolute Gasteiger partial charge is 0.493 e. The van der Waals surface area contributed by atoms with Crippen molar-refractivity contribution in [1.29, 1.82) is 0 Å². The first-order chi connectivity index (χ1) is 14.5. The lowest BCUT2D eigenvalue weighted by Crippen LogP contribution is -2.25. The fraction of sp³-hybridized carbons (Fsp3) is 0.409. The van der Waals surface area contributed by atoms with Crippen LogP contribution in [0.4, 0.5) is 0 Å². The lowest BCUT2D eigenvalue weighted by Gasteiger charge is -2.23. The number of ether oxygens (including phenoxy) is 6. The van der Waals surface area contributed by atoms with Crippen molar-refractivity contribution >= 4 is 5.97 Å². The molecule has 0 unspecified atom stereocenters. The van der Waals surface area contributed by atoms with Gasteiger partial charge in [-0.3, -0.25) is 4.79 Å². The van der Waals surface area contributed by atoms with Crippen molar-refractivity contribution in [2.24, 2.45) is 11.8 Å². The number of cyclic esters (lactones) is 1. The molecule has 0 spiro atoms. The number of hydrogen-bond donors (Lipinski definition) is 1. The fourth-order valence-corrected chi connectivity index (χ4v) is 4.00. The molecule has 0 radical (unpaired) electrons. The summed E-state index contributed by atoms with van der Waals surface area (Å²) in [5, 5.41) is 11.1. The molecule has 0 bridgehead atoms. The first-order valence-electron chi connectivity index (χ1n) is 9.58. The van der Waals surface area contributed by atoms with Gasteiger partial charge in [0.1, 0.15) is 0 Å². The van der Waals surface area contributed by atoms with Crippen LogP contribution in [0.2, 0.25) is 0 Å². The standard InChI is InChI=1S/C22H24O8/c1-25-17-8-13(9-18(26-2)21(17)27-3)20(23)19-14(10-28-22(19)24)6-12-4-5-15-16(7-12)30-11-29-15/h4-5,7-9,14,19-20,23H,6,10-11H2,1-3H3/t14-,19-,20+/m0/s1. The number of esters is 1. The van der Waals surface area contributed by atoms with Crippen LogP contribution in [0.5, 0.6) is 28.7 Å². The first kappa shape index (κ1) is 20.2. The van der Waals surface area contributed by atoms with Gasteiger partial charge < -0.3 is 33.5 Å². The van der Waals surface area contributed by atoms with Crippen molar-refractivity contribution in [3.63, 3.8) is 0 Å². The van der Waals surface area contributed by atoms with Gasteiger partial charge in [-0.1, -0.05) is 6.07 Å². The average molecular weight is 416 g/mol. The van der Waals surface area contributed by atoms with Crippen LogP contribution in [0.1, 0.15) is 17.2 Å². The summed E-state index contributed by atoms with van der Waals surface area (Å²) < 4.78 is 32.1. The molecule has 2 aliphatic heterocycles. The maximum absolute atomic E-state index is 12.5. The van der Waals surface area contributed by atoms with E-state index in [1.54, 1.807) is 12.1 Å². The van der Waals surface area contributed by atoms with E-state index >= 15 is 0 Å². The monoisotopic (exact) mass is 416 g/mol. The molecule has 8 heteroatoms. The molecule has 160 valence electrons. The molecule has 2 aromatic carbocycles. The molecule has 1 fully saturated rings. The quantitative estimate of drug-likeness (QED) is 0.689. The summed E-state index contributed by atoms with van der Waals surface area (Å²) in [4.78, 5) is 12.5. The van der Waals surface area contributed by atoms with Crippen LogP contribution >= 0.6 is 0 Å². The summed E-state index contributed by atoms with van der Waals surface area (Å²) in [6.07, 6.45) is -0.540. The maximum atomic E-state index is 12.5. The number of carbonyl (C=O) groups excluding carboxylic acids is 1. The van der Waals surface area contributed by atoms with Crippen LogP contribution in [0.25, 0.3) is 0 Å². The van der Waals surface area contributed by atoms with Crippen LogP contribution in [-0.2, 0) is 16.0 Å². The topological polar surface area (TPSA) is 92.7 Å². The number of fused-ring (bicyclic) bond motifs is 1. The summed E-state index contributed by atoms with van der Waals surface area (Å²) in [7, 11) is 4.51. The van der Waals surface area contributed by atoms with Gasteiger partial charge >= 0.3 is 5.97 Å². The van der Waals surface area contributed by atoms with E-state index in [2.05, 4.69) is 0 Å². The number of methoxy groups -OCH3 is 3. The molecule has 0 saturated carbocycles. The molecule has 2 aromatic rings. The van der Waals surface area contributed by atoms with Crippen LogP contribution in [0.3, 0.4) is 0 Å². The summed E-state index contributed by atoms with van der Waals surface area (Å²) in [5.74, 6) is 1.26. The third-order valence-electron chi connectivity index (χ3n) is 5.52. The summed E-state index contributed by atoms with van der Waals surface area (Å²) >= 11 is 0. The zero-order valence-electron chi connectivity index (χ0n) is 17.0. The Hall–Kier alpha value is -3.13. The van der Waals surface area contributed by atoms with E-state index in [-0.39, 0.29) is 19.3 Å². The van der Waals surface area contributed by atoms with Crippen molar-refractivity contribution in [1.82, 2.24) is 0 Å². The van der Waals surface area contributed by atoms with Crippen molar-refractivity contribution < 1.29 is 38.3 Å². The Morgan fingerprint density at radius 2 is 1.70 bits per heavy atom. The molecule has 30 heavy (non-hydrogen) atoms. The Morgan fingerprint density at radius 3 is 2.37 bits per heavy atom. The summed E-state index contributed by atoms with van der Waals surface area (Å²) in [6.45, 7) is 0.436. The van der Waals surface area contributed by atoms with Gasteiger partial charge in [-0.25, -0.2) is 0 Å². The van der Waals surface area contributed by atoms with Crippen LogP contribution < -0.4 is 23.7 Å². The molecule has 1 saturated heterocycles. The maximum Gasteiger partial charge on any atom is 0.312 e. The molecule has 0 aliphatic carbocycles. The number of carbonyl (C=O) groups is 1. The number of hydrogen-bond acceptors (Lipinski definition) is 8. The van der Waals surface area contributed by atoms with Crippen LogP contribution in [0.15, 0.2) is 30.3 Å². The molecule has 3 atom stereocenters. The van der Waals surface area contributed by atoms with Crippen molar-refractivity contribution in [2.45, 2.75) is 12.5 Å². The van der Waals surface area contributed by atoms with Gasteiger partial charge in [0.25, 0.3) is 0 Å². The number of aliphatic hydroxyl groups is 1. The van der Waals surface area contributed by atoms with Crippen molar-refractivity contribution in [3.05, 3.63) is 41.5 Å². The first-order valence-corrected chi connectivity index (χ1v) is 9.58. The van der Waals surface area contributed by atoms with Gasteiger partial charge in [-0.05, 0) is 41.8 Å². The van der Waals surface area contributed by atoms with Gasteiger partial charge in [-0.2, -0.15) is 0 Å². The van der Waals surface area contributed by atoms with Crippen molar-refractivity contribution in [2.75, 3.05) is 34.7 Å². The Balaban J connectivity index is 1.60. The number of benzene rings is 2. The highest BCUT2D eigenvalue weighted by atomic mass is 16.7. The zero-order valence-corrected chi connectivity index (χ0v) is 17.0. The second kappa shape index (κ2) is 8.31. The normalized spacial score (nSPS) is 20.6. The Morgan fingerprint density at radius 1 is 1.00 bits per heavy atom. The van der Waals surface area contributed by atoms with Gasteiger partial charge in [0.05, 0.1) is 40.0 Å². The Labute approximate surface area is 174 Å². The predicted octanol–water partition coefficient (Wildman–Crippen LogP) is 2.51. The van der Waals surface area contributed by atoms with Crippen molar-refractivity contribution in [3.8, 4) is 28.7 Å². The highest BCUT2D eigenvalue weighted by Crippen LogP contribution is 2.43. The SMILES string of the molecule is COc1cc([C@@H](O)[C@H]2C(=O)OC[C@@H]2Cc2ccc3c(c2)OCO3)cc(OC)c1OC. The Bertz CT molecular complexity index is 916. The van der Waals surface area contributed by atoms with Crippen LogP contribution in [-0.4, -0.2) is 45.8 Å². The van der Waals surface area contributed by atoms with E-state index in [1.807, 2.05) is 18.2 Å². The van der Waals surface area contributed by atoms with E-state index in [0.29, 0.717) is 40.7 Å². The summed E-state index contributed by atoms with van der Waals surface area (Å²) in [6, 6.07) is 8.97. The zero-order chi connectivity index (χ0) is 21.3. The second-order valence-corrected chi connectivity index (χ2v) is 7.21. The third kappa shape index (κ3) is 3.59. The minimum Gasteiger partial charge on any atom is -0.493 e. The summed E-state index contributed by atoms with van der Waals surface area (Å²) in [5.41, 5.74) is 1.47. The highest BCUT2D eigenvalue weighted by molar-refractivity contribution is 5.76. The molecule has 8 nitrogen and oxygen atoms in total. The van der Waals surface area contributed by atoms with Gasteiger partial charge in [0.2, 0.25) is 12.5 Å². The third-order valence-corrected chi connectivity index (χ3v) is 5.52. The molecule has 4 rings (SSSR count). The molecule has 0 amide bonds. The predicted molar refractivity (Wildman–Crippen MR) is 105 cm³/mol. The molecular weight excluding hydrogens is 392 g/mol. The smallest absolute Gasteiger partial charge is 0.312 e. The van der Waals surface area contributed by atoms with E-state index in [1.165, 1.54) is 21.3 Å². The van der Waals surface area contributed by atoms with Gasteiger partial charge in [0, 0.05) is 5.92 Å².